The number of halogens is 1. The van der Waals surface area contributed by atoms with E-state index in [1.54, 1.807) is 0 Å². The summed E-state index contributed by atoms with van der Waals surface area (Å²) in [5.41, 5.74) is 0. The topological polar surface area (TPSA) is 26.8 Å². The van der Waals surface area contributed by atoms with E-state index in [1.807, 2.05) is 0 Å². The molecule has 2 aliphatic rings. The van der Waals surface area contributed by atoms with Crippen molar-refractivity contribution < 1.29 is 4.79 Å². The molecule has 2 heterocycles. The van der Waals surface area contributed by atoms with Gasteiger partial charge in [-0.05, 0) is 65.6 Å². The minimum atomic E-state index is 0.324. The second-order valence-corrected chi connectivity index (χ2v) is 8.11. The number of hydrogen-bond acceptors (Lipinski definition) is 3. The number of alkyl halides is 1. The van der Waals surface area contributed by atoms with Gasteiger partial charge >= 0.3 is 0 Å². The van der Waals surface area contributed by atoms with Crippen LogP contribution < -0.4 is 0 Å². The number of amides is 1. The molecule has 1 amide bonds. The fraction of sp³-hybridized carbons (Fsp3) is 0.941. The van der Waals surface area contributed by atoms with E-state index >= 15 is 0 Å². The first kappa shape index (κ1) is 18.5. The molecular formula is C17H32IN3O. The second-order valence-electron chi connectivity index (χ2n) is 7.23. The smallest absolute Gasteiger partial charge is 0.237 e. The van der Waals surface area contributed by atoms with Gasteiger partial charge in [-0.15, -0.1) is 0 Å². The van der Waals surface area contributed by atoms with Gasteiger partial charge < -0.3 is 9.80 Å². The summed E-state index contributed by atoms with van der Waals surface area (Å²) in [4.78, 5) is 19.3. The molecule has 2 fully saturated rings. The Balaban J connectivity index is 1.68. The lowest BCUT2D eigenvalue weighted by Crippen LogP contribution is -2.54. The van der Waals surface area contributed by atoms with Crippen LogP contribution in [0.1, 0.15) is 40.0 Å². The summed E-state index contributed by atoms with van der Waals surface area (Å²) < 4.78 is 1.03. The molecule has 2 rings (SSSR count). The van der Waals surface area contributed by atoms with Crippen LogP contribution in [0.5, 0.6) is 0 Å². The van der Waals surface area contributed by atoms with E-state index in [9.17, 15) is 4.79 Å². The van der Waals surface area contributed by atoms with E-state index in [-0.39, 0.29) is 0 Å². The van der Waals surface area contributed by atoms with Crippen LogP contribution in [-0.2, 0) is 4.79 Å². The molecule has 4 nitrogen and oxygen atoms in total. The van der Waals surface area contributed by atoms with Crippen molar-refractivity contribution >= 4 is 28.5 Å². The number of likely N-dealkylation sites (tertiary alicyclic amines) is 1. The molecule has 0 N–H and O–H groups in total. The lowest BCUT2D eigenvalue weighted by Gasteiger charge is -2.39. The highest BCUT2D eigenvalue weighted by atomic mass is 127. The Hall–Kier alpha value is 0.120. The number of carbonyl (C=O) groups is 1. The van der Waals surface area contributed by atoms with Gasteiger partial charge in [-0.2, -0.15) is 0 Å². The average molecular weight is 421 g/mol. The Morgan fingerprint density at radius 1 is 1.14 bits per heavy atom. The monoisotopic (exact) mass is 421 g/mol. The van der Waals surface area contributed by atoms with E-state index in [0.717, 1.165) is 30.0 Å². The Kier molecular flexibility index (Phi) is 7.41. The minimum Gasteiger partial charge on any atom is -0.337 e. The van der Waals surface area contributed by atoms with Crippen molar-refractivity contribution in [1.82, 2.24) is 14.7 Å². The van der Waals surface area contributed by atoms with Crippen LogP contribution in [0, 0.1) is 5.92 Å². The molecule has 2 saturated heterocycles. The molecule has 0 saturated carbocycles. The number of hydrogen-bond donors (Lipinski definition) is 0. The van der Waals surface area contributed by atoms with E-state index in [0.29, 0.717) is 24.5 Å². The number of piperazine rings is 1. The normalized spacial score (nSPS) is 24.2. The predicted molar refractivity (Wildman–Crippen MR) is 101 cm³/mol. The van der Waals surface area contributed by atoms with Gasteiger partial charge in [-0.3, -0.25) is 9.69 Å². The Morgan fingerprint density at radius 2 is 1.82 bits per heavy atom. The van der Waals surface area contributed by atoms with Crippen molar-refractivity contribution in [2.24, 2.45) is 5.92 Å². The molecule has 2 aliphatic heterocycles. The fourth-order valence-corrected chi connectivity index (χ4v) is 4.07. The number of piperidine rings is 1. The predicted octanol–water partition coefficient (Wildman–Crippen LogP) is 2.46. The van der Waals surface area contributed by atoms with E-state index in [1.165, 1.54) is 32.4 Å². The molecule has 128 valence electrons. The van der Waals surface area contributed by atoms with Gasteiger partial charge in [0.05, 0.1) is 6.54 Å². The molecule has 0 aliphatic carbocycles. The van der Waals surface area contributed by atoms with Gasteiger partial charge in [0.25, 0.3) is 0 Å². The first-order chi connectivity index (χ1) is 10.5. The maximum Gasteiger partial charge on any atom is 0.237 e. The lowest BCUT2D eigenvalue weighted by molar-refractivity contribution is -0.137. The lowest BCUT2D eigenvalue weighted by atomic mass is 9.92. The zero-order valence-corrected chi connectivity index (χ0v) is 16.6. The van der Waals surface area contributed by atoms with Gasteiger partial charge in [-0.25, -0.2) is 0 Å². The first-order valence-corrected chi connectivity index (χ1v) is 10.4. The van der Waals surface area contributed by atoms with E-state index in [2.05, 4.69) is 58.1 Å². The van der Waals surface area contributed by atoms with Crippen molar-refractivity contribution in [1.29, 1.82) is 0 Å². The quantitative estimate of drug-likeness (QED) is 0.487. The molecule has 0 aromatic carbocycles. The standard InChI is InChI=1S/C17H32IN3O/c1-14(2)20-8-5-16(6-9-20)4-7-19-10-11-21(15(3)12-18)17(22)13-19/h14-16H,4-13H2,1-3H3. The zero-order valence-electron chi connectivity index (χ0n) is 14.4. The van der Waals surface area contributed by atoms with Gasteiger partial charge in [0.1, 0.15) is 0 Å². The summed E-state index contributed by atoms with van der Waals surface area (Å²) in [5, 5.41) is 0. The van der Waals surface area contributed by atoms with Crippen LogP contribution in [0.4, 0.5) is 0 Å². The maximum absolute atomic E-state index is 12.2. The van der Waals surface area contributed by atoms with Gasteiger partial charge in [-0.1, -0.05) is 22.6 Å². The Labute approximate surface area is 149 Å². The van der Waals surface area contributed by atoms with Crippen molar-refractivity contribution in [3.63, 3.8) is 0 Å². The highest BCUT2D eigenvalue weighted by Crippen LogP contribution is 2.22. The van der Waals surface area contributed by atoms with Crippen LogP contribution in [-0.4, -0.2) is 76.4 Å². The zero-order chi connectivity index (χ0) is 16.1. The fourth-order valence-electron chi connectivity index (χ4n) is 3.60. The summed E-state index contributed by atoms with van der Waals surface area (Å²) in [7, 11) is 0. The average Bonchev–Trinajstić information content (AvgIpc) is 2.52. The molecule has 1 unspecified atom stereocenters. The molecule has 0 aromatic rings. The largest absolute Gasteiger partial charge is 0.337 e. The molecule has 0 bridgehead atoms. The van der Waals surface area contributed by atoms with Crippen LogP contribution >= 0.6 is 22.6 Å². The Morgan fingerprint density at radius 3 is 2.36 bits per heavy atom. The maximum atomic E-state index is 12.2. The van der Waals surface area contributed by atoms with Crippen LogP contribution in [0.2, 0.25) is 0 Å². The molecule has 22 heavy (non-hydrogen) atoms. The molecule has 0 spiro atoms. The molecule has 0 aromatic heterocycles. The van der Waals surface area contributed by atoms with Crippen molar-refractivity contribution in [2.45, 2.75) is 52.1 Å². The summed E-state index contributed by atoms with van der Waals surface area (Å²) in [6.45, 7) is 12.9. The summed E-state index contributed by atoms with van der Waals surface area (Å²) in [6.07, 6.45) is 3.93. The van der Waals surface area contributed by atoms with Gasteiger partial charge in [0.15, 0.2) is 0 Å². The number of nitrogens with zero attached hydrogens (tertiary/aromatic N) is 3. The number of rotatable bonds is 6. The third-order valence-corrected chi connectivity index (χ3v) is 6.60. The van der Waals surface area contributed by atoms with Crippen molar-refractivity contribution in [2.75, 3.05) is 43.7 Å². The number of carbonyl (C=O) groups excluding carboxylic acids is 1. The highest BCUT2D eigenvalue weighted by Gasteiger charge is 2.27. The molecular weight excluding hydrogens is 389 g/mol. The summed E-state index contributed by atoms with van der Waals surface area (Å²) in [6, 6.07) is 1.07. The molecule has 1 atom stereocenters. The van der Waals surface area contributed by atoms with Crippen LogP contribution in [0.15, 0.2) is 0 Å². The Bertz CT molecular complexity index is 356. The van der Waals surface area contributed by atoms with Crippen LogP contribution in [0.3, 0.4) is 0 Å². The third kappa shape index (κ3) is 5.06. The van der Waals surface area contributed by atoms with Crippen molar-refractivity contribution in [3.8, 4) is 0 Å². The molecule has 0 radical (unpaired) electrons. The highest BCUT2D eigenvalue weighted by molar-refractivity contribution is 14.1. The SMILES string of the molecule is CC(C)N1CCC(CCN2CCN(C(C)CI)C(=O)C2)CC1. The van der Waals surface area contributed by atoms with Gasteiger partial charge in [0.2, 0.25) is 5.91 Å². The minimum absolute atomic E-state index is 0.324. The first-order valence-electron chi connectivity index (χ1n) is 8.83. The van der Waals surface area contributed by atoms with Crippen molar-refractivity contribution in [3.05, 3.63) is 0 Å². The molecule has 5 heteroatoms. The van der Waals surface area contributed by atoms with Gasteiger partial charge in [0, 0.05) is 29.6 Å². The summed E-state index contributed by atoms with van der Waals surface area (Å²) >= 11 is 2.37. The second kappa shape index (κ2) is 8.83. The summed E-state index contributed by atoms with van der Waals surface area (Å²) in [5.74, 6) is 1.18. The third-order valence-electron chi connectivity index (χ3n) is 5.32. The van der Waals surface area contributed by atoms with E-state index < -0.39 is 0 Å². The van der Waals surface area contributed by atoms with Crippen LogP contribution in [0.25, 0.3) is 0 Å². The van der Waals surface area contributed by atoms with E-state index in [4.69, 9.17) is 0 Å².